The van der Waals surface area contributed by atoms with Crippen molar-refractivity contribution in [2.24, 2.45) is 0 Å². The Morgan fingerprint density at radius 2 is 1.80 bits per heavy atom. The Balaban J connectivity index is 1.93. The Hall–Kier alpha value is -3.02. The van der Waals surface area contributed by atoms with E-state index in [1.54, 1.807) is 12.2 Å². The first kappa shape index (κ1) is 18.3. The number of carboxylic acid groups (broad SMARTS) is 1. The molecule has 0 radical (unpaired) electrons. The summed E-state index contributed by atoms with van der Waals surface area (Å²) in [5, 5.41) is 11.6. The van der Waals surface area contributed by atoms with Crippen molar-refractivity contribution in [1.82, 2.24) is 5.32 Å². The Bertz CT molecular complexity index is 775. The van der Waals surface area contributed by atoms with E-state index in [-0.39, 0.29) is 18.4 Å². The van der Waals surface area contributed by atoms with E-state index in [1.165, 1.54) is 6.07 Å². The van der Waals surface area contributed by atoms with Gasteiger partial charge in [0.1, 0.15) is 6.04 Å². The molecule has 130 valence electrons. The normalized spacial score (nSPS) is 12.1. The van der Waals surface area contributed by atoms with E-state index >= 15 is 0 Å². The van der Waals surface area contributed by atoms with E-state index in [0.717, 1.165) is 17.7 Å². The van der Waals surface area contributed by atoms with Gasteiger partial charge in [0.2, 0.25) is 5.91 Å². The predicted octanol–water partition coefficient (Wildman–Crippen LogP) is 3.18. The van der Waals surface area contributed by atoms with Gasteiger partial charge in [0, 0.05) is 0 Å². The molecule has 0 spiro atoms. The summed E-state index contributed by atoms with van der Waals surface area (Å²) in [7, 11) is 0. The van der Waals surface area contributed by atoms with Crippen LogP contribution in [0.5, 0.6) is 0 Å². The third-order valence-corrected chi connectivity index (χ3v) is 3.46. The van der Waals surface area contributed by atoms with Crippen LogP contribution in [0.4, 0.5) is 8.78 Å². The number of carboxylic acids is 1. The molecule has 0 aliphatic rings. The second-order valence-electron chi connectivity index (χ2n) is 5.43. The van der Waals surface area contributed by atoms with Crippen molar-refractivity contribution in [1.29, 1.82) is 0 Å². The molecule has 0 aliphatic heterocycles. The molecule has 1 amide bonds. The Labute approximate surface area is 143 Å². The molecule has 0 bridgehead atoms. The monoisotopic (exact) mass is 345 g/mol. The summed E-state index contributed by atoms with van der Waals surface area (Å²) in [4.78, 5) is 23.2. The van der Waals surface area contributed by atoms with Crippen LogP contribution in [0.1, 0.15) is 17.5 Å². The lowest BCUT2D eigenvalue weighted by atomic mass is 10.1. The van der Waals surface area contributed by atoms with Gasteiger partial charge >= 0.3 is 5.97 Å². The lowest BCUT2D eigenvalue weighted by Crippen LogP contribution is -2.41. The smallest absolute Gasteiger partial charge is 0.326 e. The minimum Gasteiger partial charge on any atom is -0.480 e. The highest BCUT2D eigenvalue weighted by Gasteiger charge is 2.18. The maximum Gasteiger partial charge on any atom is 0.326 e. The fraction of sp³-hybridized carbons (Fsp3) is 0.158. The first-order valence-electron chi connectivity index (χ1n) is 7.63. The number of halogens is 2. The Morgan fingerprint density at radius 1 is 1.08 bits per heavy atom. The van der Waals surface area contributed by atoms with Crippen LogP contribution >= 0.6 is 0 Å². The molecule has 6 heteroatoms. The number of benzene rings is 2. The Morgan fingerprint density at radius 3 is 2.44 bits per heavy atom. The summed E-state index contributed by atoms with van der Waals surface area (Å²) in [6.07, 6.45) is 3.29. The van der Waals surface area contributed by atoms with Gasteiger partial charge in [0.25, 0.3) is 0 Å². The molecule has 25 heavy (non-hydrogen) atoms. The first-order valence-corrected chi connectivity index (χ1v) is 7.63. The number of aliphatic carboxylic acids is 1. The van der Waals surface area contributed by atoms with E-state index in [0.29, 0.717) is 0 Å². The molecule has 0 saturated carbocycles. The molecule has 0 aromatic heterocycles. The average Bonchev–Trinajstić information content (AvgIpc) is 2.58. The van der Waals surface area contributed by atoms with E-state index in [2.05, 4.69) is 5.32 Å². The van der Waals surface area contributed by atoms with Gasteiger partial charge in [-0.1, -0.05) is 48.6 Å². The quantitative estimate of drug-likeness (QED) is 0.810. The molecule has 4 nitrogen and oxygen atoms in total. The number of carbonyl (C=O) groups is 2. The zero-order valence-corrected chi connectivity index (χ0v) is 13.3. The Kier molecular flexibility index (Phi) is 6.39. The van der Waals surface area contributed by atoms with Crippen molar-refractivity contribution >= 4 is 18.0 Å². The van der Waals surface area contributed by atoms with E-state index in [9.17, 15) is 23.5 Å². The first-order chi connectivity index (χ1) is 12.0. The number of nitrogens with one attached hydrogen (secondary N) is 1. The SMILES string of the molecule is O=C(Cc1ccc(F)c(F)c1)N[C@@H](C/C=C/c1ccccc1)C(=O)O. The van der Waals surface area contributed by atoms with Gasteiger partial charge in [0.15, 0.2) is 11.6 Å². The standard InChI is InChI=1S/C19H17F2NO3/c20-15-10-9-14(11-16(15)21)12-18(23)22-17(19(24)25)8-4-7-13-5-2-1-3-6-13/h1-7,9-11,17H,8,12H2,(H,22,23)(H,24,25)/b7-4+/t17-/m0/s1. The molecular formula is C19H17F2NO3. The molecule has 0 aliphatic carbocycles. The average molecular weight is 345 g/mol. The van der Waals surface area contributed by atoms with Gasteiger partial charge in [-0.25, -0.2) is 13.6 Å². The summed E-state index contributed by atoms with van der Waals surface area (Å²) < 4.78 is 26.0. The van der Waals surface area contributed by atoms with E-state index < -0.39 is 29.6 Å². The number of amides is 1. The third-order valence-electron chi connectivity index (χ3n) is 3.46. The molecule has 2 N–H and O–H groups in total. The summed E-state index contributed by atoms with van der Waals surface area (Å²) in [6, 6.07) is 11.4. The molecule has 0 saturated heterocycles. The van der Waals surface area contributed by atoms with Crippen molar-refractivity contribution in [2.45, 2.75) is 18.9 Å². The number of carbonyl (C=O) groups excluding carboxylic acids is 1. The molecule has 0 fully saturated rings. The van der Waals surface area contributed by atoms with Gasteiger partial charge < -0.3 is 10.4 Å². The van der Waals surface area contributed by atoms with Crippen LogP contribution in [-0.2, 0) is 16.0 Å². The lowest BCUT2D eigenvalue weighted by molar-refractivity contribution is -0.141. The molecule has 2 rings (SSSR count). The van der Waals surface area contributed by atoms with Crippen LogP contribution in [0.25, 0.3) is 6.08 Å². The molecule has 2 aromatic carbocycles. The molecular weight excluding hydrogens is 328 g/mol. The van der Waals surface area contributed by atoms with E-state index in [4.69, 9.17) is 0 Å². The van der Waals surface area contributed by atoms with Gasteiger partial charge in [-0.2, -0.15) is 0 Å². The highest BCUT2D eigenvalue weighted by atomic mass is 19.2. The second kappa shape index (κ2) is 8.73. The van der Waals surface area contributed by atoms with Gasteiger partial charge in [0.05, 0.1) is 6.42 Å². The van der Waals surface area contributed by atoms with Crippen molar-refractivity contribution in [3.8, 4) is 0 Å². The highest BCUT2D eigenvalue weighted by molar-refractivity contribution is 5.85. The van der Waals surface area contributed by atoms with Crippen LogP contribution in [0.15, 0.2) is 54.6 Å². The molecule has 2 aromatic rings. The second-order valence-corrected chi connectivity index (χ2v) is 5.43. The largest absolute Gasteiger partial charge is 0.480 e. The third kappa shape index (κ3) is 5.84. The van der Waals surface area contributed by atoms with Crippen molar-refractivity contribution in [3.63, 3.8) is 0 Å². The minimum absolute atomic E-state index is 0.105. The van der Waals surface area contributed by atoms with Crippen LogP contribution in [0.3, 0.4) is 0 Å². The van der Waals surface area contributed by atoms with Gasteiger partial charge in [-0.3, -0.25) is 4.79 Å². The van der Waals surface area contributed by atoms with Crippen molar-refractivity contribution in [3.05, 3.63) is 77.4 Å². The lowest BCUT2D eigenvalue weighted by Gasteiger charge is -2.12. The van der Waals surface area contributed by atoms with Gasteiger partial charge in [-0.15, -0.1) is 0 Å². The number of hydrogen-bond acceptors (Lipinski definition) is 2. The maximum absolute atomic E-state index is 13.1. The zero-order valence-electron chi connectivity index (χ0n) is 13.3. The van der Waals surface area contributed by atoms with E-state index in [1.807, 2.05) is 30.3 Å². The molecule has 1 atom stereocenters. The summed E-state index contributed by atoms with van der Waals surface area (Å²) in [6.45, 7) is 0. The predicted molar refractivity (Wildman–Crippen MR) is 89.7 cm³/mol. The topological polar surface area (TPSA) is 66.4 Å². The summed E-state index contributed by atoms with van der Waals surface area (Å²) in [5.41, 5.74) is 1.18. The molecule has 0 heterocycles. The fourth-order valence-electron chi connectivity index (χ4n) is 2.21. The summed E-state index contributed by atoms with van der Waals surface area (Å²) in [5.74, 6) is -3.80. The van der Waals surface area contributed by atoms with Crippen molar-refractivity contribution in [2.75, 3.05) is 0 Å². The maximum atomic E-state index is 13.1. The fourth-order valence-corrected chi connectivity index (χ4v) is 2.21. The highest BCUT2D eigenvalue weighted by Crippen LogP contribution is 2.10. The zero-order chi connectivity index (χ0) is 18.2. The summed E-state index contributed by atoms with van der Waals surface area (Å²) >= 11 is 0. The number of rotatable bonds is 7. The van der Waals surface area contributed by atoms with Crippen LogP contribution in [0.2, 0.25) is 0 Å². The van der Waals surface area contributed by atoms with Crippen LogP contribution in [-0.4, -0.2) is 23.0 Å². The van der Waals surface area contributed by atoms with Crippen LogP contribution < -0.4 is 5.32 Å². The number of hydrogen-bond donors (Lipinski definition) is 2. The minimum atomic E-state index is -1.17. The van der Waals surface area contributed by atoms with Gasteiger partial charge in [-0.05, 0) is 29.7 Å². The van der Waals surface area contributed by atoms with Crippen molar-refractivity contribution < 1.29 is 23.5 Å². The van der Waals surface area contributed by atoms with Crippen LogP contribution in [0, 0.1) is 11.6 Å². The molecule has 0 unspecified atom stereocenters.